The standard InChI is InChI=1S/C9H5ClF6O/c10-3-4-6(17)2-1-5(8(11,12)13)7(4)9(14,15)16/h1-2,17H,3H2. The highest BCUT2D eigenvalue weighted by molar-refractivity contribution is 6.17. The normalized spacial score (nSPS) is 12.9. The second kappa shape index (κ2) is 4.29. The first-order valence-corrected chi connectivity index (χ1v) is 4.67. The van der Waals surface area contributed by atoms with Gasteiger partial charge in [0.15, 0.2) is 0 Å². The molecule has 1 N–H and O–H groups in total. The largest absolute Gasteiger partial charge is 0.508 e. The van der Waals surface area contributed by atoms with Crippen LogP contribution in [0.3, 0.4) is 0 Å². The van der Waals surface area contributed by atoms with E-state index in [-0.39, 0.29) is 6.07 Å². The van der Waals surface area contributed by atoms with Gasteiger partial charge in [-0.2, -0.15) is 26.3 Å². The third-order valence-electron chi connectivity index (χ3n) is 2.01. The van der Waals surface area contributed by atoms with Crippen molar-refractivity contribution in [3.8, 4) is 5.75 Å². The second-order valence-corrected chi connectivity index (χ2v) is 3.38. The van der Waals surface area contributed by atoms with Crippen LogP contribution in [0.4, 0.5) is 26.3 Å². The highest BCUT2D eigenvalue weighted by atomic mass is 35.5. The predicted octanol–water partition coefficient (Wildman–Crippen LogP) is 4.17. The molecule has 0 bridgehead atoms. The molecule has 1 aromatic carbocycles. The zero-order valence-corrected chi connectivity index (χ0v) is 8.71. The molecular formula is C9H5ClF6O. The lowest BCUT2D eigenvalue weighted by atomic mass is 10.00. The van der Waals surface area contributed by atoms with E-state index in [1.54, 1.807) is 0 Å². The van der Waals surface area contributed by atoms with Gasteiger partial charge in [0.1, 0.15) is 5.75 Å². The Morgan fingerprint density at radius 2 is 1.53 bits per heavy atom. The van der Waals surface area contributed by atoms with Crippen LogP contribution in [0.2, 0.25) is 0 Å². The van der Waals surface area contributed by atoms with Crippen LogP contribution in [-0.4, -0.2) is 5.11 Å². The van der Waals surface area contributed by atoms with Crippen LogP contribution < -0.4 is 0 Å². The summed E-state index contributed by atoms with van der Waals surface area (Å²) in [6.07, 6.45) is -10.4. The first-order chi connectivity index (χ1) is 7.59. The highest BCUT2D eigenvalue weighted by Gasteiger charge is 2.45. The van der Waals surface area contributed by atoms with Crippen LogP contribution in [0.15, 0.2) is 12.1 Å². The van der Waals surface area contributed by atoms with E-state index in [0.29, 0.717) is 6.07 Å². The summed E-state index contributed by atoms with van der Waals surface area (Å²) in [4.78, 5) is 0. The summed E-state index contributed by atoms with van der Waals surface area (Å²) in [7, 11) is 0. The fourth-order valence-corrected chi connectivity index (χ4v) is 1.60. The zero-order valence-electron chi connectivity index (χ0n) is 7.95. The molecule has 0 radical (unpaired) electrons. The topological polar surface area (TPSA) is 20.2 Å². The summed E-state index contributed by atoms with van der Waals surface area (Å²) >= 11 is 5.14. The lowest BCUT2D eigenvalue weighted by Gasteiger charge is -2.18. The van der Waals surface area contributed by atoms with Gasteiger partial charge >= 0.3 is 12.4 Å². The maximum absolute atomic E-state index is 12.5. The number of phenolic OH excluding ortho intramolecular Hbond substituents is 1. The summed E-state index contributed by atoms with van der Waals surface area (Å²) in [5.74, 6) is -1.79. The van der Waals surface area contributed by atoms with Crippen molar-refractivity contribution < 1.29 is 31.4 Å². The number of aromatic hydroxyl groups is 1. The Bertz CT molecular complexity index is 423. The van der Waals surface area contributed by atoms with Gasteiger partial charge in [0, 0.05) is 5.56 Å². The Kier molecular flexibility index (Phi) is 3.52. The zero-order chi connectivity index (χ0) is 13.4. The fourth-order valence-electron chi connectivity index (χ4n) is 1.33. The Labute approximate surface area is 96.6 Å². The summed E-state index contributed by atoms with van der Waals surface area (Å²) in [6, 6.07) is 0.712. The minimum absolute atomic E-state index is 0.175. The minimum Gasteiger partial charge on any atom is -0.508 e. The van der Waals surface area contributed by atoms with Crippen molar-refractivity contribution in [1.82, 2.24) is 0 Å². The number of alkyl halides is 7. The Balaban J connectivity index is 3.64. The third-order valence-corrected chi connectivity index (χ3v) is 2.28. The van der Waals surface area contributed by atoms with Crippen LogP contribution in [0.5, 0.6) is 5.75 Å². The van der Waals surface area contributed by atoms with E-state index in [4.69, 9.17) is 16.7 Å². The Hall–Kier alpha value is -1.11. The molecule has 1 rings (SSSR count). The van der Waals surface area contributed by atoms with Gasteiger partial charge in [-0.05, 0) is 12.1 Å². The van der Waals surface area contributed by atoms with Gasteiger partial charge in [0.2, 0.25) is 0 Å². The van der Waals surface area contributed by atoms with Crippen LogP contribution in [-0.2, 0) is 18.2 Å². The van der Waals surface area contributed by atoms with E-state index in [9.17, 15) is 26.3 Å². The molecule has 17 heavy (non-hydrogen) atoms. The maximum atomic E-state index is 12.5. The number of benzene rings is 1. The van der Waals surface area contributed by atoms with Crippen molar-refractivity contribution in [2.45, 2.75) is 18.2 Å². The average molecular weight is 279 g/mol. The molecule has 0 aliphatic rings. The van der Waals surface area contributed by atoms with Crippen LogP contribution in [0.1, 0.15) is 16.7 Å². The molecule has 0 heterocycles. The molecule has 0 atom stereocenters. The molecule has 0 aliphatic heterocycles. The van der Waals surface area contributed by atoms with Crippen LogP contribution in [0.25, 0.3) is 0 Å². The third kappa shape index (κ3) is 2.77. The van der Waals surface area contributed by atoms with Gasteiger partial charge in [-0.3, -0.25) is 0 Å². The molecule has 0 unspecified atom stereocenters. The smallest absolute Gasteiger partial charge is 0.417 e. The molecule has 1 aromatic rings. The molecule has 0 aromatic heterocycles. The molecule has 1 nitrogen and oxygen atoms in total. The van der Waals surface area contributed by atoms with Crippen molar-refractivity contribution in [2.75, 3.05) is 0 Å². The number of phenols is 1. The quantitative estimate of drug-likeness (QED) is 0.604. The number of hydrogen-bond acceptors (Lipinski definition) is 1. The van der Waals surface area contributed by atoms with Crippen molar-refractivity contribution in [3.63, 3.8) is 0 Å². The van der Waals surface area contributed by atoms with E-state index < -0.39 is 40.7 Å². The van der Waals surface area contributed by atoms with E-state index in [0.717, 1.165) is 0 Å². The Morgan fingerprint density at radius 3 is 1.88 bits per heavy atom. The van der Waals surface area contributed by atoms with E-state index in [1.807, 2.05) is 0 Å². The number of halogens is 7. The first-order valence-electron chi connectivity index (χ1n) is 4.14. The Morgan fingerprint density at radius 1 is 1.00 bits per heavy atom. The molecule has 8 heteroatoms. The SMILES string of the molecule is Oc1ccc(C(F)(F)F)c(C(F)(F)F)c1CCl. The van der Waals surface area contributed by atoms with Gasteiger partial charge in [0.25, 0.3) is 0 Å². The summed E-state index contributed by atoms with van der Waals surface area (Å²) in [5, 5.41) is 9.09. The van der Waals surface area contributed by atoms with Gasteiger partial charge in [-0.15, -0.1) is 11.6 Å². The summed E-state index contributed by atoms with van der Waals surface area (Å²) in [6.45, 7) is 0. The van der Waals surface area contributed by atoms with Crippen LogP contribution in [0, 0.1) is 0 Å². The lowest BCUT2D eigenvalue weighted by Crippen LogP contribution is -2.18. The predicted molar refractivity (Wildman–Crippen MR) is 47.7 cm³/mol. The second-order valence-electron chi connectivity index (χ2n) is 3.11. The molecule has 96 valence electrons. The monoisotopic (exact) mass is 278 g/mol. The molecule has 0 spiro atoms. The van der Waals surface area contributed by atoms with Gasteiger partial charge in [0.05, 0.1) is 17.0 Å². The molecular weight excluding hydrogens is 274 g/mol. The molecule has 0 aliphatic carbocycles. The van der Waals surface area contributed by atoms with Gasteiger partial charge in [-0.25, -0.2) is 0 Å². The van der Waals surface area contributed by atoms with E-state index in [1.165, 1.54) is 0 Å². The first kappa shape index (κ1) is 14.0. The van der Waals surface area contributed by atoms with Crippen molar-refractivity contribution in [3.05, 3.63) is 28.8 Å². The van der Waals surface area contributed by atoms with Crippen molar-refractivity contribution in [1.29, 1.82) is 0 Å². The van der Waals surface area contributed by atoms with E-state index >= 15 is 0 Å². The van der Waals surface area contributed by atoms with Gasteiger partial charge in [-0.1, -0.05) is 0 Å². The minimum atomic E-state index is -5.24. The lowest BCUT2D eigenvalue weighted by molar-refractivity contribution is -0.162. The summed E-state index contributed by atoms with van der Waals surface area (Å²) < 4.78 is 74.8. The average Bonchev–Trinajstić information content (AvgIpc) is 2.13. The maximum Gasteiger partial charge on any atom is 0.417 e. The van der Waals surface area contributed by atoms with E-state index in [2.05, 4.69) is 0 Å². The van der Waals surface area contributed by atoms with Gasteiger partial charge < -0.3 is 5.11 Å². The van der Waals surface area contributed by atoms with Crippen molar-refractivity contribution in [2.24, 2.45) is 0 Å². The molecule has 0 amide bonds. The molecule has 0 saturated heterocycles. The summed E-state index contributed by atoms with van der Waals surface area (Å²) in [5.41, 5.74) is -4.78. The highest BCUT2D eigenvalue weighted by Crippen LogP contribution is 2.44. The van der Waals surface area contributed by atoms with Crippen molar-refractivity contribution >= 4 is 11.6 Å². The number of hydrogen-bond donors (Lipinski definition) is 1. The number of rotatable bonds is 1. The molecule has 0 fully saturated rings. The van der Waals surface area contributed by atoms with Crippen LogP contribution >= 0.6 is 11.6 Å². The fraction of sp³-hybridized carbons (Fsp3) is 0.333. The molecule has 0 saturated carbocycles.